The van der Waals surface area contributed by atoms with Gasteiger partial charge in [-0.25, -0.2) is 0 Å². The number of pyridine rings is 1. The minimum absolute atomic E-state index is 0.0755. The standard InChI is InChI=1S/C22H16Cl2N4OS/c1-14-17(23)7-4-8-19(14)28-21(15-9-11-25-12-10-15)26-27-22(28)30-13-20(29)16-5-2-3-6-18(16)24/h2-12H,13H2,1H3. The summed E-state index contributed by atoms with van der Waals surface area (Å²) in [6.45, 7) is 1.94. The van der Waals surface area contributed by atoms with Crippen LogP contribution in [0.15, 0.2) is 72.1 Å². The molecule has 0 amide bonds. The third-order valence-corrected chi connectivity index (χ3v) is 6.23. The Hall–Kier alpha value is -2.67. The van der Waals surface area contributed by atoms with Crippen molar-refractivity contribution in [2.24, 2.45) is 0 Å². The van der Waals surface area contributed by atoms with Crippen molar-refractivity contribution in [2.75, 3.05) is 5.75 Å². The molecule has 0 radical (unpaired) electrons. The van der Waals surface area contributed by atoms with Gasteiger partial charge in [-0.2, -0.15) is 0 Å². The fourth-order valence-corrected chi connectivity index (χ4v) is 4.24. The Kier molecular flexibility index (Phi) is 6.18. The lowest BCUT2D eigenvalue weighted by Gasteiger charge is -2.13. The van der Waals surface area contributed by atoms with Gasteiger partial charge in [-0.05, 0) is 48.9 Å². The average molecular weight is 455 g/mol. The minimum atomic E-state index is -0.0755. The number of nitrogens with zero attached hydrogens (tertiary/aromatic N) is 4. The fourth-order valence-electron chi connectivity index (χ4n) is 3.00. The number of carbonyl (C=O) groups is 1. The van der Waals surface area contributed by atoms with Gasteiger partial charge in [0, 0.05) is 28.5 Å². The highest BCUT2D eigenvalue weighted by Crippen LogP contribution is 2.32. The maximum absolute atomic E-state index is 12.7. The van der Waals surface area contributed by atoms with E-state index < -0.39 is 0 Å². The van der Waals surface area contributed by atoms with Crippen LogP contribution in [0.25, 0.3) is 17.1 Å². The van der Waals surface area contributed by atoms with Gasteiger partial charge < -0.3 is 0 Å². The molecule has 0 bridgehead atoms. The molecule has 0 aliphatic rings. The summed E-state index contributed by atoms with van der Waals surface area (Å²) in [7, 11) is 0. The highest BCUT2D eigenvalue weighted by Gasteiger charge is 2.20. The average Bonchev–Trinajstić information content (AvgIpc) is 3.18. The zero-order chi connectivity index (χ0) is 21.1. The summed E-state index contributed by atoms with van der Waals surface area (Å²) in [6, 6.07) is 16.4. The molecule has 0 spiro atoms. The lowest BCUT2D eigenvalue weighted by molar-refractivity contribution is 0.102. The van der Waals surface area contributed by atoms with Gasteiger partial charge in [0.15, 0.2) is 16.8 Å². The third-order valence-electron chi connectivity index (χ3n) is 4.56. The fraction of sp³-hybridized carbons (Fsp3) is 0.0909. The number of aromatic nitrogens is 4. The Labute approximate surface area is 188 Å². The summed E-state index contributed by atoms with van der Waals surface area (Å²) >= 11 is 13.8. The summed E-state index contributed by atoms with van der Waals surface area (Å²) in [5.41, 5.74) is 3.10. The SMILES string of the molecule is Cc1c(Cl)cccc1-n1c(SCC(=O)c2ccccc2Cl)nnc1-c1ccncc1. The summed E-state index contributed by atoms with van der Waals surface area (Å²) in [5.74, 6) is 0.751. The van der Waals surface area contributed by atoms with Gasteiger partial charge in [0.05, 0.1) is 16.5 Å². The molecular formula is C22H16Cl2N4OS. The molecular weight excluding hydrogens is 439 g/mol. The van der Waals surface area contributed by atoms with Gasteiger partial charge in [-0.3, -0.25) is 14.3 Å². The Morgan fingerprint density at radius 1 is 0.967 bits per heavy atom. The number of hydrogen-bond acceptors (Lipinski definition) is 5. The lowest BCUT2D eigenvalue weighted by atomic mass is 10.1. The highest BCUT2D eigenvalue weighted by atomic mass is 35.5. The zero-order valence-electron chi connectivity index (χ0n) is 15.9. The topological polar surface area (TPSA) is 60.7 Å². The van der Waals surface area contributed by atoms with E-state index in [1.165, 1.54) is 11.8 Å². The Morgan fingerprint density at radius 2 is 1.70 bits per heavy atom. The molecule has 30 heavy (non-hydrogen) atoms. The van der Waals surface area contributed by atoms with Gasteiger partial charge in [0.1, 0.15) is 0 Å². The van der Waals surface area contributed by atoms with E-state index in [-0.39, 0.29) is 11.5 Å². The Balaban J connectivity index is 1.73. The number of hydrogen-bond donors (Lipinski definition) is 0. The van der Waals surface area contributed by atoms with Crippen LogP contribution in [0.2, 0.25) is 10.0 Å². The van der Waals surface area contributed by atoms with Crippen LogP contribution in [0.1, 0.15) is 15.9 Å². The quantitative estimate of drug-likeness (QED) is 0.267. The second-order valence-corrected chi connectivity index (χ2v) is 8.21. The largest absolute Gasteiger partial charge is 0.293 e. The van der Waals surface area contributed by atoms with Crippen molar-refractivity contribution in [1.82, 2.24) is 19.7 Å². The second-order valence-electron chi connectivity index (χ2n) is 6.45. The van der Waals surface area contributed by atoms with Crippen LogP contribution >= 0.6 is 35.0 Å². The van der Waals surface area contributed by atoms with Gasteiger partial charge in [0.25, 0.3) is 0 Å². The zero-order valence-corrected chi connectivity index (χ0v) is 18.2. The number of Topliss-reactive ketones (excluding diaryl/α,β-unsaturated/α-hetero) is 1. The molecule has 5 nitrogen and oxygen atoms in total. The molecule has 4 rings (SSSR count). The normalized spacial score (nSPS) is 10.9. The van der Waals surface area contributed by atoms with E-state index in [2.05, 4.69) is 15.2 Å². The van der Waals surface area contributed by atoms with E-state index in [1.54, 1.807) is 36.7 Å². The minimum Gasteiger partial charge on any atom is -0.293 e. The van der Waals surface area contributed by atoms with Crippen LogP contribution in [-0.4, -0.2) is 31.3 Å². The molecule has 0 saturated heterocycles. The molecule has 150 valence electrons. The summed E-state index contributed by atoms with van der Waals surface area (Å²) in [5, 5.41) is 10.4. The second kappa shape index (κ2) is 9.00. The molecule has 2 aromatic carbocycles. The first-order chi connectivity index (χ1) is 14.6. The van der Waals surface area contributed by atoms with E-state index in [1.807, 2.05) is 41.8 Å². The molecule has 0 N–H and O–H groups in total. The van der Waals surface area contributed by atoms with Crippen molar-refractivity contribution in [2.45, 2.75) is 12.1 Å². The molecule has 0 atom stereocenters. The van der Waals surface area contributed by atoms with E-state index in [9.17, 15) is 4.79 Å². The van der Waals surface area contributed by atoms with E-state index in [0.717, 1.165) is 16.8 Å². The maximum Gasteiger partial charge on any atom is 0.196 e. The molecule has 0 saturated carbocycles. The summed E-state index contributed by atoms with van der Waals surface area (Å²) in [4.78, 5) is 16.8. The van der Waals surface area contributed by atoms with Gasteiger partial charge in [-0.15, -0.1) is 10.2 Å². The molecule has 0 fully saturated rings. The predicted molar refractivity (Wildman–Crippen MR) is 121 cm³/mol. The molecule has 2 aromatic heterocycles. The van der Waals surface area contributed by atoms with Crippen LogP contribution in [0.3, 0.4) is 0 Å². The number of ketones is 1. The van der Waals surface area contributed by atoms with Crippen LogP contribution in [-0.2, 0) is 0 Å². The smallest absolute Gasteiger partial charge is 0.196 e. The van der Waals surface area contributed by atoms with Crippen molar-refractivity contribution in [3.63, 3.8) is 0 Å². The molecule has 8 heteroatoms. The van der Waals surface area contributed by atoms with Gasteiger partial charge in [0.2, 0.25) is 0 Å². The van der Waals surface area contributed by atoms with Crippen LogP contribution in [0.4, 0.5) is 0 Å². The lowest BCUT2D eigenvalue weighted by Crippen LogP contribution is -2.06. The van der Waals surface area contributed by atoms with E-state index >= 15 is 0 Å². The van der Waals surface area contributed by atoms with Crippen LogP contribution in [0.5, 0.6) is 0 Å². The third kappa shape index (κ3) is 4.12. The molecule has 0 unspecified atom stereocenters. The van der Waals surface area contributed by atoms with Crippen molar-refractivity contribution in [3.05, 3.63) is 88.2 Å². The Morgan fingerprint density at radius 3 is 2.47 bits per heavy atom. The van der Waals surface area contributed by atoms with Crippen molar-refractivity contribution >= 4 is 40.7 Å². The van der Waals surface area contributed by atoms with Crippen LogP contribution in [0, 0.1) is 6.92 Å². The number of benzene rings is 2. The first kappa shape index (κ1) is 20.6. The van der Waals surface area contributed by atoms with Crippen molar-refractivity contribution in [3.8, 4) is 17.1 Å². The Bertz CT molecular complexity index is 1210. The molecule has 2 heterocycles. The summed E-state index contributed by atoms with van der Waals surface area (Å²) < 4.78 is 1.92. The number of carbonyl (C=O) groups excluding carboxylic acids is 1. The van der Waals surface area contributed by atoms with E-state index in [4.69, 9.17) is 23.2 Å². The summed E-state index contributed by atoms with van der Waals surface area (Å²) in [6.07, 6.45) is 3.40. The van der Waals surface area contributed by atoms with E-state index in [0.29, 0.717) is 26.6 Å². The predicted octanol–water partition coefficient (Wildman–Crippen LogP) is 5.92. The first-order valence-electron chi connectivity index (χ1n) is 9.08. The highest BCUT2D eigenvalue weighted by molar-refractivity contribution is 7.99. The molecule has 0 aliphatic carbocycles. The number of rotatable bonds is 6. The maximum atomic E-state index is 12.7. The van der Waals surface area contributed by atoms with Gasteiger partial charge in [-0.1, -0.05) is 53.2 Å². The van der Waals surface area contributed by atoms with Crippen LogP contribution < -0.4 is 0 Å². The monoisotopic (exact) mass is 454 g/mol. The van der Waals surface area contributed by atoms with Crippen molar-refractivity contribution < 1.29 is 4.79 Å². The van der Waals surface area contributed by atoms with Gasteiger partial charge >= 0.3 is 0 Å². The first-order valence-corrected chi connectivity index (χ1v) is 10.8. The number of halogens is 2. The molecule has 4 aromatic rings. The van der Waals surface area contributed by atoms with Crippen molar-refractivity contribution in [1.29, 1.82) is 0 Å². The molecule has 0 aliphatic heterocycles. The number of thioether (sulfide) groups is 1.